The summed E-state index contributed by atoms with van der Waals surface area (Å²) in [6.45, 7) is 2.41. The molecule has 1 saturated heterocycles. The van der Waals surface area contributed by atoms with Crippen molar-refractivity contribution in [1.29, 1.82) is 0 Å². The number of aryl methyl sites for hydroxylation is 1. The Hall–Kier alpha value is -2.40. The second-order valence-corrected chi connectivity index (χ2v) is 8.29. The number of hydrogen-bond donors (Lipinski definition) is 0. The molecule has 1 aliphatic heterocycles. The van der Waals surface area contributed by atoms with E-state index in [1.165, 1.54) is 26.0 Å². The van der Waals surface area contributed by atoms with Crippen LogP contribution < -0.4 is 0 Å². The zero-order valence-corrected chi connectivity index (χ0v) is 15.2. The third kappa shape index (κ3) is 2.58. The topological polar surface area (TPSA) is 98.3 Å². The minimum atomic E-state index is -3.68. The van der Waals surface area contributed by atoms with E-state index in [-0.39, 0.29) is 22.5 Å². The van der Waals surface area contributed by atoms with E-state index in [9.17, 15) is 12.8 Å². The molecule has 3 aromatic rings. The smallest absolute Gasteiger partial charge is 0.278 e. The van der Waals surface area contributed by atoms with Gasteiger partial charge in [-0.05, 0) is 36.8 Å². The van der Waals surface area contributed by atoms with Crippen LogP contribution in [-0.4, -0.2) is 55.2 Å². The summed E-state index contributed by atoms with van der Waals surface area (Å²) in [5, 5.41) is 11.3. The van der Waals surface area contributed by atoms with Crippen LogP contribution in [0.25, 0.3) is 5.65 Å². The van der Waals surface area contributed by atoms with Gasteiger partial charge in [-0.1, -0.05) is 0 Å². The summed E-state index contributed by atoms with van der Waals surface area (Å²) in [5.41, 5.74) is 1.59. The molecule has 0 aliphatic carbocycles. The van der Waals surface area contributed by atoms with Gasteiger partial charge < -0.3 is 4.57 Å². The van der Waals surface area contributed by atoms with Gasteiger partial charge in [-0.2, -0.15) is 9.40 Å². The van der Waals surface area contributed by atoms with Gasteiger partial charge in [0.05, 0.1) is 0 Å². The quantitative estimate of drug-likeness (QED) is 0.670. The molecule has 1 fully saturated rings. The van der Waals surface area contributed by atoms with E-state index >= 15 is 0 Å². The Labute approximate surface area is 149 Å². The first kappa shape index (κ1) is 17.0. The fourth-order valence-electron chi connectivity index (χ4n) is 3.47. The molecule has 1 aliphatic rings. The zero-order chi connectivity index (χ0) is 18.5. The summed E-state index contributed by atoms with van der Waals surface area (Å²) >= 11 is 0. The average Bonchev–Trinajstić information content (AvgIpc) is 3.27. The summed E-state index contributed by atoms with van der Waals surface area (Å²) in [5.74, 6) is -0.321. The number of piperidine rings is 1. The van der Waals surface area contributed by atoms with Crippen LogP contribution in [0.3, 0.4) is 0 Å². The van der Waals surface area contributed by atoms with Crippen LogP contribution in [0.2, 0.25) is 0 Å². The highest BCUT2D eigenvalue weighted by Gasteiger charge is 2.33. The van der Waals surface area contributed by atoms with Crippen LogP contribution in [-0.2, 0) is 17.1 Å². The third-order valence-corrected chi connectivity index (χ3v) is 6.80. The Kier molecular flexibility index (Phi) is 3.99. The predicted molar refractivity (Wildman–Crippen MR) is 89.4 cm³/mol. The molecule has 11 heteroatoms. The number of halogens is 1. The molecule has 4 heterocycles. The van der Waals surface area contributed by atoms with Crippen molar-refractivity contribution in [2.75, 3.05) is 13.1 Å². The lowest BCUT2D eigenvalue weighted by Gasteiger charge is -2.31. The van der Waals surface area contributed by atoms with E-state index in [0.717, 1.165) is 5.56 Å². The lowest BCUT2D eigenvalue weighted by atomic mass is 9.88. The van der Waals surface area contributed by atoms with E-state index in [4.69, 9.17) is 0 Å². The molecule has 0 atom stereocenters. The van der Waals surface area contributed by atoms with E-state index in [2.05, 4.69) is 20.3 Å². The Balaban J connectivity index is 1.58. The molecule has 3 aromatic heterocycles. The molecular formula is C15H18FN7O2S. The molecule has 0 N–H and O–H groups in total. The first-order chi connectivity index (χ1) is 12.4. The molecule has 0 spiro atoms. The summed E-state index contributed by atoms with van der Waals surface area (Å²) in [4.78, 5) is 3.92. The fourth-order valence-corrected chi connectivity index (χ4v) is 4.95. The van der Waals surface area contributed by atoms with Crippen molar-refractivity contribution in [2.24, 2.45) is 7.05 Å². The molecular weight excluding hydrogens is 361 g/mol. The first-order valence-electron chi connectivity index (χ1n) is 8.22. The Morgan fingerprint density at radius 2 is 2.00 bits per heavy atom. The van der Waals surface area contributed by atoms with Gasteiger partial charge >= 0.3 is 0 Å². The maximum atomic E-state index is 14.5. The van der Waals surface area contributed by atoms with Crippen molar-refractivity contribution in [2.45, 2.75) is 30.8 Å². The standard InChI is InChI=1S/C15H18FN7O2S/c1-10-12(7-23-14(13(10)16)17-8-19-23)11-3-5-22(6-4-11)26(24,25)15-20-18-9-21(15)2/h7-9,11H,3-6H2,1-2H3. The number of aromatic nitrogens is 6. The van der Waals surface area contributed by atoms with Gasteiger partial charge in [0, 0.05) is 26.3 Å². The highest BCUT2D eigenvalue weighted by Crippen LogP contribution is 2.33. The van der Waals surface area contributed by atoms with Crippen molar-refractivity contribution < 1.29 is 12.8 Å². The number of pyridine rings is 1. The Bertz CT molecular complexity index is 1070. The average molecular weight is 379 g/mol. The van der Waals surface area contributed by atoms with E-state index in [1.54, 1.807) is 20.2 Å². The summed E-state index contributed by atoms with van der Waals surface area (Å²) in [7, 11) is -2.08. The van der Waals surface area contributed by atoms with Crippen molar-refractivity contribution in [3.05, 3.63) is 35.8 Å². The van der Waals surface area contributed by atoms with Crippen molar-refractivity contribution >= 4 is 15.7 Å². The van der Waals surface area contributed by atoms with Crippen molar-refractivity contribution in [1.82, 2.24) is 33.7 Å². The highest BCUT2D eigenvalue weighted by molar-refractivity contribution is 7.89. The van der Waals surface area contributed by atoms with Gasteiger partial charge in [0.15, 0.2) is 11.5 Å². The van der Waals surface area contributed by atoms with E-state index < -0.39 is 10.0 Å². The number of nitrogens with zero attached hydrogens (tertiary/aromatic N) is 7. The highest BCUT2D eigenvalue weighted by atomic mass is 32.2. The van der Waals surface area contributed by atoms with Crippen LogP contribution in [0, 0.1) is 12.7 Å². The van der Waals surface area contributed by atoms with Crippen LogP contribution >= 0.6 is 0 Å². The van der Waals surface area contributed by atoms with Crippen molar-refractivity contribution in [3.63, 3.8) is 0 Å². The molecule has 0 unspecified atom stereocenters. The molecule has 9 nitrogen and oxygen atoms in total. The van der Waals surface area contributed by atoms with Crippen LogP contribution in [0.15, 0.2) is 24.0 Å². The monoisotopic (exact) mass is 379 g/mol. The number of sulfonamides is 1. The molecule has 0 aromatic carbocycles. The number of fused-ring (bicyclic) bond motifs is 1. The second kappa shape index (κ2) is 6.09. The van der Waals surface area contributed by atoms with Gasteiger partial charge in [0.25, 0.3) is 15.2 Å². The third-order valence-electron chi connectivity index (χ3n) is 4.93. The first-order valence-corrected chi connectivity index (χ1v) is 9.66. The summed E-state index contributed by atoms with van der Waals surface area (Å²) < 4.78 is 44.1. The maximum Gasteiger partial charge on any atom is 0.278 e. The number of hydrogen-bond acceptors (Lipinski definition) is 6. The maximum absolute atomic E-state index is 14.5. The van der Waals surface area contributed by atoms with Crippen molar-refractivity contribution in [3.8, 4) is 0 Å². The number of rotatable bonds is 3. The Morgan fingerprint density at radius 1 is 1.27 bits per heavy atom. The summed E-state index contributed by atoms with van der Waals surface area (Å²) in [6, 6.07) is 0. The van der Waals surface area contributed by atoms with E-state index in [1.807, 2.05) is 0 Å². The molecule has 0 saturated carbocycles. The van der Waals surface area contributed by atoms with E-state index in [0.29, 0.717) is 31.5 Å². The lowest BCUT2D eigenvalue weighted by molar-refractivity contribution is 0.315. The molecule has 138 valence electrons. The zero-order valence-electron chi connectivity index (χ0n) is 14.4. The normalized spacial score (nSPS) is 17.2. The Morgan fingerprint density at radius 3 is 2.65 bits per heavy atom. The van der Waals surface area contributed by atoms with Gasteiger partial charge in [0.1, 0.15) is 12.7 Å². The predicted octanol–water partition coefficient (Wildman–Crippen LogP) is 0.874. The summed E-state index contributed by atoms with van der Waals surface area (Å²) in [6.07, 6.45) is 5.66. The lowest BCUT2D eigenvalue weighted by Crippen LogP contribution is -2.39. The van der Waals surface area contributed by atoms with Crippen LogP contribution in [0.1, 0.15) is 29.9 Å². The molecule has 26 heavy (non-hydrogen) atoms. The molecule has 0 radical (unpaired) electrons. The van der Waals surface area contributed by atoms with Crippen LogP contribution in [0.4, 0.5) is 4.39 Å². The largest absolute Gasteiger partial charge is 0.306 e. The van der Waals surface area contributed by atoms with Gasteiger partial charge in [0.2, 0.25) is 0 Å². The molecule has 0 bridgehead atoms. The molecule has 0 amide bonds. The van der Waals surface area contributed by atoms with Gasteiger partial charge in [-0.3, -0.25) is 0 Å². The van der Waals surface area contributed by atoms with Gasteiger partial charge in [-0.25, -0.2) is 22.3 Å². The SMILES string of the molecule is Cc1c(C2CCN(S(=O)(=O)c3nncn3C)CC2)cn2ncnc2c1F. The molecule has 4 rings (SSSR count). The second-order valence-electron chi connectivity index (χ2n) is 6.45. The van der Waals surface area contributed by atoms with Crippen LogP contribution in [0.5, 0.6) is 0 Å². The minimum Gasteiger partial charge on any atom is -0.306 e. The minimum absolute atomic E-state index is 0.0593. The van der Waals surface area contributed by atoms with Gasteiger partial charge in [-0.15, -0.1) is 10.2 Å². The fraction of sp³-hybridized carbons (Fsp3) is 0.467.